The second-order valence-corrected chi connectivity index (χ2v) is 7.27. The third kappa shape index (κ3) is 5.01. The number of hydrogen-bond acceptors (Lipinski definition) is 12. The molecule has 180 valence electrons. The van der Waals surface area contributed by atoms with E-state index in [4.69, 9.17) is 18.9 Å². The highest BCUT2D eigenvalue weighted by Crippen LogP contribution is 2.39. The lowest BCUT2D eigenvalue weighted by Crippen LogP contribution is -2.79. The highest BCUT2D eigenvalue weighted by atomic mass is 16.7. The molecule has 0 aromatic rings. The summed E-state index contributed by atoms with van der Waals surface area (Å²) in [5.41, 5.74) is -2.62. The van der Waals surface area contributed by atoms with Crippen LogP contribution >= 0.6 is 0 Å². The standard InChI is InChI=1S/C18H31NO12/c1-3-5-29-17(26)19-10-14(25)18(27,9(7-21)31-16(10)28-4-2)15-13(24)12(23)11(22)8(6-20)30-15/h3,8-16,20-25,27H,1,4-7H2,2H3,(H,19,26)/t8-,9-,10-,11+,12+,13-,14-,15-,16-,18-/m1/s1. The Labute approximate surface area is 178 Å². The molecule has 0 radical (unpaired) electrons. The number of rotatable bonds is 8. The van der Waals surface area contributed by atoms with Gasteiger partial charge in [-0.05, 0) is 6.92 Å². The molecule has 2 aliphatic heterocycles. The van der Waals surface area contributed by atoms with E-state index in [1.54, 1.807) is 6.92 Å². The number of alkyl carbamates (subject to hydrolysis) is 1. The summed E-state index contributed by atoms with van der Waals surface area (Å²) in [4.78, 5) is 12.0. The van der Waals surface area contributed by atoms with Crippen molar-refractivity contribution in [3.05, 3.63) is 12.7 Å². The number of aliphatic hydroxyl groups excluding tert-OH is 6. The van der Waals surface area contributed by atoms with E-state index in [-0.39, 0.29) is 13.2 Å². The Morgan fingerprint density at radius 3 is 2.35 bits per heavy atom. The Kier molecular flexibility index (Phi) is 9.14. The fourth-order valence-electron chi connectivity index (χ4n) is 3.77. The van der Waals surface area contributed by atoms with Crippen LogP contribution in [0.3, 0.4) is 0 Å². The van der Waals surface area contributed by atoms with Gasteiger partial charge in [-0.1, -0.05) is 12.7 Å². The number of ether oxygens (including phenoxy) is 4. The fourth-order valence-corrected chi connectivity index (χ4v) is 3.77. The Balaban J connectivity index is 2.40. The van der Waals surface area contributed by atoms with E-state index >= 15 is 0 Å². The first kappa shape index (κ1) is 25.9. The minimum absolute atomic E-state index is 0.0773. The minimum Gasteiger partial charge on any atom is -0.445 e. The fraction of sp³-hybridized carbons (Fsp3) is 0.833. The normalized spacial score (nSPS) is 43.3. The van der Waals surface area contributed by atoms with Crippen molar-refractivity contribution in [2.45, 2.75) is 67.6 Å². The van der Waals surface area contributed by atoms with E-state index in [2.05, 4.69) is 11.9 Å². The Morgan fingerprint density at radius 2 is 1.81 bits per heavy atom. The molecule has 0 unspecified atom stereocenters. The van der Waals surface area contributed by atoms with Crippen LogP contribution in [-0.4, -0.2) is 129 Å². The summed E-state index contributed by atoms with van der Waals surface area (Å²) in [5, 5.41) is 74.5. The molecule has 10 atom stereocenters. The van der Waals surface area contributed by atoms with E-state index in [1.807, 2.05) is 0 Å². The van der Waals surface area contributed by atoms with Gasteiger partial charge < -0.3 is 60.0 Å². The van der Waals surface area contributed by atoms with Gasteiger partial charge in [0.05, 0.1) is 13.2 Å². The van der Waals surface area contributed by atoms with Crippen molar-refractivity contribution in [2.24, 2.45) is 0 Å². The summed E-state index contributed by atoms with van der Waals surface area (Å²) in [5.74, 6) is 0. The van der Waals surface area contributed by atoms with Crippen LogP contribution in [0.25, 0.3) is 0 Å². The van der Waals surface area contributed by atoms with Gasteiger partial charge in [0.15, 0.2) is 6.29 Å². The Morgan fingerprint density at radius 1 is 1.13 bits per heavy atom. The largest absolute Gasteiger partial charge is 0.445 e. The third-order valence-corrected chi connectivity index (χ3v) is 5.38. The number of aliphatic hydroxyl groups is 7. The predicted molar refractivity (Wildman–Crippen MR) is 101 cm³/mol. The summed E-state index contributed by atoms with van der Waals surface area (Å²) in [6.45, 7) is 3.28. The Hall–Kier alpha value is -1.39. The third-order valence-electron chi connectivity index (χ3n) is 5.38. The quantitative estimate of drug-likeness (QED) is 0.165. The zero-order chi connectivity index (χ0) is 23.3. The molecule has 1 amide bonds. The van der Waals surface area contributed by atoms with E-state index in [0.717, 1.165) is 0 Å². The predicted octanol–water partition coefficient (Wildman–Crippen LogP) is -4.04. The molecular weight excluding hydrogens is 422 g/mol. The maximum absolute atomic E-state index is 12.0. The summed E-state index contributed by atoms with van der Waals surface area (Å²) in [6, 6.07) is -1.46. The van der Waals surface area contributed by atoms with Gasteiger partial charge >= 0.3 is 6.09 Å². The lowest BCUT2D eigenvalue weighted by atomic mass is 9.74. The number of nitrogens with one attached hydrogen (secondary N) is 1. The van der Waals surface area contributed by atoms with E-state index < -0.39 is 80.0 Å². The van der Waals surface area contributed by atoms with Crippen molar-refractivity contribution < 1.29 is 59.5 Å². The summed E-state index contributed by atoms with van der Waals surface area (Å²) in [7, 11) is 0. The van der Waals surface area contributed by atoms with Crippen LogP contribution in [0.4, 0.5) is 4.79 Å². The van der Waals surface area contributed by atoms with Crippen LogP contribution in [0.1, 0.15) is 6.92 Å². The molecule has 13 nitrogen and oxygen atoms in total. The maximum atomic E-state index is 12.0. The van der Waals surface area contributed by atoms with E-state index in [1.165, 1.54) is 6.08 Å². The highest BCUT2D eigenvalue weighted by molar-refractivity contribution is 5.68. The second kappa shape index (κ2) is 11.0. The van der Waals surface area contributed by atoms with Crippen molar-refractivity contribution in [2.75, 3.05) is 26.4 Å². The maximum Gasteiger partial charge on any atom is 0.407 e. The Bertz CT molecular complexity index is 606. The van der Waals surface area contributed by atoms with Crippen LogP contribution in [0, 0.1) is 0 Å². The zero-order valence-electron chi connectivity index (χ0n) is 17.0. The van der Waals surface area contributed by atoms with Crippen molar-refractivity contribution >= 4 is 6.09 Å². The number of carbonyl (C=O) groups is 1. The number of carbonyl (C=O) groups excluding carboxylic acids is 1. The molecule has 0 bridgehead atoms. The molecule has 0 spiro atoms. The molecule has 2 saturated heterocycles. The van der Waals surface area contributed by atoms with E-state index in [0.29, 0.717) is 0 Å². The topological polar surface area (TPSA) is 208 Å². The molecule has 31 heavy (non-hydrogen) atoms. The zero-order valence-corrected chi connectivity index (χ0v) is 17.0. The number of hydrogen-bond donors (Lipinski definition) is 8. The molecule has 2 aliphatic rings. The highest BCUT2D eigenvalue weighted by Gasteiger charge is 2.64. The first-order chi connectivity index (χ1) is 14.7. The molecule has 0 aliphatic carbocycles. The lowest BCUT2D eigenvalue weighted by molar-refractivity contribution is -0.355. The molecule has 0 aromatic carbocycles. The monoisotopic (exact) mass is 453 g/mol. The molecule has 2 fully saturated rings. The van der Waals surface area contributed by atoms with Crippen LogP contribution < -0.4 is 5.32 Å². The van der Waals surface area contributed by atoms with Crippen LogP contribution in [-0.2, 0) is 18.9 Å². The first-order valence-corrected chi connectivity index (χ1v) is 9.80. The van der Waals surface area contributed by atoms with E-state index in [9.17, 15) is 40.5 Å². The van der Waals surface area contributed by atoms with Gasteiger partial charge in [0, 0.05) is 6.61 Å². The molecular formula is C18H31NO12. The first-order valence-electron chi connectivity index (χ1n) is 9.80. The molecule has 2 rings (SSSR count). The second-order valence-electron chi connectivity index (χ2n) is 7.27. The number of amides is 1. The molecule has 2 heterocycles. The summed E-state index contributed by atoms with van der Waals surface area (Å²) >= 11 is 0. The van der Waals surface area contributed by atoms with Gasteiger partial charge in [-0.25, -0.2) is 4.79 Å². The molecule has 0 saturated carbocycles. The summed E-state index contributed by atoms with van der Waals surface area (Å²) < 4.78 is 21.1. The van der Waals surface area contributed by atoms with Gasteiger partial charge in [0.1, 0.15) is 61.0 Å². The van der Waals surface area contributed by atoms with Crippen molar-refractivity contribution in [1.82, 2.24) is 5.32 Å². The van der Waals surface area contributed by atoms with Crippen LogP contribution in [0.5, 0.6) is 0 Å². The SMILES string of the molecule is C=CCOC(=O)N[C@H]1[C@H](OCC)O[C@H](CO)[C@](O)([C@@H]2O[C@H](CO)[C@H](O)[C@H](O)[C@H]2O)[C@@H]1O. The summed E-state index contributed by atoms with van der Waals surface area (Å²) in [6.07, 6.45) is -13.4. The van der Waals surface area contributed by atoms with Gasteiger partial charge in [-0.15, -0.1) is 0 Å². The molecule has 0 aromatic heterocycles. The van der Waals surface area contributed by atoms with Crippen LogP contribution in [0.2, 0.25) is 0 Å². The lowest BCUT2D eigenvalue weighted by Gasteiger charge is -2.55. The smallest absolute Gasteiger partial charge is 0.407 e. The van der Waals surface area contributed by atoms with Crippen molar-refractivity contribution in [3.8, 4) is 0 Å². The molecule has 8 N–H and O–H groups in total. The average Bonchev–Trinajstić information content (AvgIpc) is 2.75. The average molecular weight is 453 g/mol. The van der Waals surface area contributed by atoms with Gasteiger partial charge in [-0.2, -0.15) is 0 Å². The van der Waals surface area contributed by atoms with Crippen molar-refractivity contribution in [1.29, 1.82) is 0 Å². The van der Waals surface area contributed by atoms with Gasteiger partial charge in [-0.3, -0.25) is 0 Å². The van der Waals surface area contributed by atoms with Gasteiger partial charge in [0.25, 0.3) is 0 Å². The molecule has 13 heteroatoms. The minimum atomic E-state index is -2.62. The van der Waals surface area contributed by atoms with Crippen LogP contribution in [0.15, 0.2) is 12.7 Å². The van der Waals surface area contributed by atoms with Crippen molar-refractivity contribution in [3.63, 3.8) is 0 Å². The van der Waals surface area contributed by atoms with Gasteiger partial charge in [0.2, 0.25) is 0 Å².